The predicted molar refractivity (Wildman–Crippen MR) is 109 cm³/mol. The van der Waals surface area contributed by atoms with E-state index in [1.165, 1.54) is 36.4 Å². The van der Waals surface area contributed by atoms with E-state index < -0.39 is 0 Å². The van der Waals surface area contributed by atoms with Crippen molar-refractivity contribution in [3.63, 3.8) is 0 Å². The molecule has 0 spiro atoms. The standard InChI is InChI=1S/C22H20F2N4O/c23-17-3-1-16(2-4-17)22(29)26-21-10-9-20(15-25-21)28-13-11-27(12-14-28)19-7-5-18(24)6-8-19/h1-10,15H,11-14H2,(H,25,26,29). The minimum Gasteiger partial charge on any atom is -0.368 e. The molecular formula is C22H20F2N4O. The molecule has 1 amide bonds. The summed E-state index contributed by atoms with van der Waals surface area (Å²) >= 11 is 0. The molecule has 5 nitrogen and oxygen atoms in total. The van der Waals surface area contributed by atoms with Crippen LogP contribution >= 0.6 is 0 Å². The molecule has 4 rings (SSSR count). The molecule has 0 unspecified atom stereocenters. The average Bonchev–Trinajstić information content (AvgIpc) is 2.75. The van der Waals surface area contributed by atoms with Crippen LogP contribution in [0.25, 0.3) is 0 Å². The van der Waals surface area contributed by atoms with Crippen molar-refractivity contribution in [2.75, 3.05) is 41.3 Å². The van der Waals surface area contributed by atoms with Gasteiger partial charge in [0.15, 0.2) is 0 Å². The maximum absolute atomic E-state index is 13.1. The van der Waals surface area contributed by atoms with Gasteiger partial charge in [-0.3, -0.25) is 4.79 Å². The number of benzene rings is 2. The molecule has 0 saturated carbocycles. The van der Waals surface area contributed by atoms with Crippen LogP contribution in [0.15, 0.2) is 66.9 Å². The van der Waals surface area contributed by atoms with Gasteiger partial charge in [-0.15, -0.1) is 0 Å². The molecule has 1 saturated heterocycles. The van der Waals surface area contributed by atoms with Gasteiger partial charge in [0.2, 0.25) is 0 Å². The first-order chi connectivity index (χ1) is 14.1. The molecule has 0 radical (unpaired) electrons. The van der Waals surface area contributed by atoms with Crippen LogP contribution in [0, 0.1) is 11.6 Å². The van der Waals surface area contributed by atoms with E-state index in [1.807, 2.05) is 6.07 Å². The molecular weight excluding hydrogens is 374 g/mol. The van der Waals surface area contributed by atoms with Crippen LogP contribution in [0.1, 0.15) is 10.4 Å². The summed E-state index contributed by atoms with van der Waals surface area (Å²) in [5.41, 5.74) is 2.36. The highest BCUT2D eigenvalue weighted by Gasteiger charge is 2.18. The van der Waals surface area contributed by atoms with E-state index in [0.29, 0.717) is 11.4 Å². The van der Waals surface area contributed by atoms with Gasteiger partial charge in [0, 0.05) is 37.4 Å². The second-order valence-corrected chi connectivity index (χ2v) is 6.81. The highest BCUT2D eigenvalue weighted by Crippen LogP contribution is 2.21. The van der Waals surface area contributed by atoms with Gasteiger partial charge in [0.25, 0.3) is 5.91 Å². The van der Waals surface area contributed by atoms with E-state index in [-0.39, 0.29) is 17.5 Å². The van der Waals surface area contributed by atoms with Crippen molar-refractivity contribution < 1.29 is 13.6 Å². The monoisotopic (exact) mass is 394 g/mol. The zero-order valence-electron chi connectivity index (χ0n) is 15.7. The number of pyridine rings is 1. The lowest BCUT2D eigenvalue weighted by molar-refractivity contribution is 0.102. The van der Waals surface area contributed by atoms with Gasteiger partial charge >= 0.3 is 0 Å². The number of anilines is 3. The Hall–Kier alpha value is -3.48. The number of aromatic nitrogens is 1. The maximum Gasteiger partial charge on any atom is 0.256 e. The summed E-state index contributed by atoms with van der Waals surface area (Å²) in [5.74, 6) is -0.514. The molecule has 1 N–H and O–H groups in total. The number of carbonyl (C=O) groups excluding carboxylic acids is 1. The minimum absolute atomic E-state index is 0.231. The Morgan fingerprint density at radius 3 is 1.83 bits per heavy atom. The normalized spacial score (nSPS) is 14.0. The number of nitrogens with zero attached hydrogens (tertiary/aromatic N) is 3. The minimum atomic E-state index is -0.386. The van der Waals surface area contributed by atoms with Gasteiger partial charge in [-0.25, -0.2) is 13.8 Å². The lowest BCUT2D eigenvalue weighted by Crippen LogP contribution is -2.46. The summed E-state index contributed by atoms with van der Waals surface area (Å²) in [5, 5.41) is 2.71. The molecule has 1 fully saturated rings. The van der Waals surface area contributed by atoms with Gasteiger partial charge in [-0.05, 0) is 60.7 Å². The number of piperazine rings is 1. The van der Waals surface area contributed by atoms with Gasteiger partial charge in [-0.2, -0.15) is 0 Å². The van der Waals surface area contributed by atoms with E-state index in [0.717, 1.165) is 37.6 Å². The molecule has 0 atom stereocenters. The van der Waals surface area contributed by atoms with Crippen LogP contribution in [-0.2, 0) is 0 Å². The van der Waals surface area contributed by atoms with Crippen molar-refractivity contribution in [2.24, 2.45) is 0 Å². The highest BCUT2D eigenvalue weighted by molar-refractivity contribution is 6.03. The molecule has 2 heterocycles. The van der Waals surface area contributed by atoms with Crippen LogP contribution in [0.4, 0.5) is 26.0 Å². The Bertz CT molecular complexity index is 967. The Balaban J connectivity index is 1.34. The topological polar surface area (TPSA) is 48.5 Å². The largest absolute Gasteiger partial charge is 0.368 e. The third-order valence-electron chi connectivity index (χ3n) is 4.93. The summed E-state index contributed by atoms with van der Waals surface area (Å²) in [7, 11) is 0. The zero-order valence-corrected chi connectivity index (χ0v) is 15.7. The number of hydrogen-bond donors (Lipinski definition) is 1. The van der Waals surface area contributed by atoms with Gasteiger partial charge in [-0.1, -0.05) is 0 Å². The van der Waals surface area contributed by atoms with Crippen molar-refractivity contribution in [1.29, 1.82) is 0 Å². The van der Waals surface area contributed by atoms with Crippen molar-refractivity contribution in [2.45, 2.75) is 0 Å². The van der Waals surface area contributed by atoms with E-state index >= 15 is 0 Å². The van der Waals surface area contributed by atoms with Crippen LogP contribution in [0.5, 0.6) is 0 Å². The quantitative estimate of drug-likeness (QED) is 0.728. The van der Waals surface area contributed by atoms with Crippen molar-refractivity contribution in [3.8, 4) is 0 Å². The van der Waals surface area contributed by atoms with E-state index in [1.54, 1.807) is 24.4 Å². The molecule has 0 aliphatic carbocycles. The first kappa shape index (κ1) is 18.9. The molecule has 2 aromatic carbocycles. The number of carbonyl (C=O) groups is 1. The molecule has 148 valence electrons. The van der Waals surface area contributed by atoms with E-state index in [9.17, 15) is 13.6 Å². The van der Waals surface area contributed by atoms with E-state index in [4.69, 9.17) is 0 Å². The fourth-order valence-corrected chi connectivity index (χ4v) is 3.31. The highest BCUT2D eigenvalue weighted by atomic mass is 19.1. The van der Waals surface area contributed by atoms with Gasteiger partial charge < -0.3 is 15.1 Å². The summed E-state index contributed by atoms with van der Waals surface area (Å²) in [6, 6.07) is 15.6. The number of halogens is 2. The van der Waals surface area contributed by atoms with Crippen molar-refractivity contribution in [1.82, 2.24) is 4.98 Å². The van der Waals surface area contributed by atoms with Gasteiger partial charge in [0.1, 0.15) is 17.5 Å². The fourth-order valence-electron chi connectivity index (χ4n) is 3.31. The van der Waals surface area contributed by atoms with Crippen LogP contribution < -0.4 is 15.1 Å². The Morgan fingerprint density at radius 2 is 1.28 bits per heavy atom. The molecule has 7 heteroatoms. The number of nitrogens with one attached hydrogen (secondary N) is 1. The molecule has 0 bridgehead atoms. The van der Waals surface area contributed by atoms with Gasteiger partial charge in [0.05, 0.1) is 11.9 Å². The first-order valence-electron chi connectivity index (χ1n) is 9.37. The molecule has 29 heavy (non-hydrogen) atoms. The molecule has 1 aliphatic heterocycles. The van der Waals surface area contributed by atoms with Crippen LogP contribution in [0.3, 0.4) is 0 Å². The average molecular weight is 394 g/mol. The Labute approximate surface area is 167 Å². The summed E-state index contributed by atoms with van der Waals surface area (Å²) in [6.07, 6.45) is 1.73. The van der Waals surface area contributed by atoms with Crippen molar-refractivity contribution in [3.05, 3.63) is 84.1 Å². The predicted octanol–water partition coefficient (Wildman–Crippen LogP) is 3.94. The Morgan fingerprint density at radius 1 is 0.759 bits per heavy atom. The first-order valence-corrected chi connectivity index (χ1v) is 9.37. The molecule has 1 aromatic heterocycles. The Kier molecular flexibility index (Phi) is 5.37. The molecule has 3 aromatic rings. The fraction of sp³-hybridized carbons (Fsp3) is 0.182. The smallest absolute Gasteiger partial charge is 0.256 e. The van der Waals surface area contributed by atoms with Crippen LogP contribution in [0.2, 0.25) is 0 Å². The third kappa shape index (κ3) is 4.51. The van der Waals surface area contributed by atoms with Crippen molar-refractivity contribution >= 4 is 23.1 Å². The zero-order chi connectivity index (χ0) is 20.2. The van der Waals surface area contributed by atoms with Crippen LogP contribution in [-0.4, -0.2) is 37.1 Å². The lowest BCUT2D eigenvalue weighted by Gasteiger charge is -2.37. The summed E-state index contributed by atoms with van der Waals surface area (Å²) in [6.45, 7) is 3.30. The lowest BCUT2D eigenvalue weighted by atomic mass is 10.2. The number of amides is 1. The number of hydrogen-bond acceptors (Lipinski definition) is 4. The third-order valence-corrected chi connectivity index (χ3v) is 4.93. The summed E-state index contributed by atoms with van der Waals surface area (Å²) in [4.78, 5) is 21.0. The summed E-state index contributed by atoms with van der Waals surface area (Å²) < 4.78 is 26.1. The second kappa shape index (κ2) is 8.26. The second-order valence-electron chi connectivity index (χ2n) is 6.81. The SMILES string of the molecule is O=C(Nc1ccc(N2CCN(c3ccc(F)cc3)CC2)cn1)c1ccc(F)cc1. The van der Waals surface area contributed by atoms with E-state index in [2.05, 4.69) is 20.1 Å². The molecule has 1 aliphatic rings. The maximum atomic E-state index is 13.1. The number of rotatable bonds is 4.